The van der Waals surface area contributed by atoms with Crippen molar-refractivity contribution >= 4 is 46.3 Å². The van der Waals surface area contributed by atoms with E-state index in [1.165, 1.54) is 5.01 Å². The third kappa shape index (κ3) is 5.80. The molecule has 0 radical (unpaired) electrons. The van der Waals surface area contributed by atoms with E-state index >= 15 is 0 Å². The maximum absolute atomic E-state index is 12.4. The zero-order chi connectivity index (χ0) is 21.6. The highest BCUT2D eigenvalue weighted by atomic mass is 32.2. The highest BCUT2D eigenvalue weighted by Gasteiger charge is 2.21. The molecule has 1 aliphatic rings. The van der Waals surface area contributed by atoms with E-state index in [9.17, 15) is 9.59 Å². The Bertz CT molecular complexity index is 1090. The van der Waals surface area contributed by atoms with Gasteiger partial charge in [-0.3, -0.25) is 9.59 Å². The number of carbonyl (C=O) groups is 2. The van der Waals surface area contributed by atoms with E-state index < -0.39 is 0 Å². The maximum atomic E-state index is 12.4. The summed E-state index contributed by atoms with van der Waals surface area (Å²) in [5, 5.41) is 10.8. The molecule has 6 nitrogen and oxygen atoms in total. The van der Waals surface area contributed by atoms with Gasteiger partial charge >= 0.3 is 0 Å². The molecule has 4 rings (SSSR count). The van der Waals surface area contributed by atoms with Crippen molar-refractivity contribution in [3.05, 3.63) is 71.2 Å². The molecule has 158 valence electrons. The molecule has 0 fully saturated rings. The van der Waals surface area contributed by atoms with Crippen LogP contribution in [0.15, 0.2) is 74.3 Å². The molecular formula is C23H22N4O2S2. The summed E-state index contributed by atoms with van der Waals surface area (Å²) in [6, 6.07) is 17.5. The first-order valence-corrected chi connectivity index (χ1v) is 11.7. The molecule has 0 atom stereocenters. The standard InChI is InChI=1S/C23H22N4O2S2/c1-16-15-30-23(24-16)31-19-9-7-18(8-10-19)25-21(28)11-12-22(29)27-14-13-20(26-27)17-5-3-2-4-6-17/h2-10,15H,11-14H2,1H3,(H,25,28). The second-order valence-electron chi connectivity index (χ2n) is 7.11. The molecule has 3 aromatic rings. The number of aromatic nitrogens is 1. The normalized spacial score (nSPS) is 13.2. The van der Waals surface area contributed by atoms with Crippen LogP contribution < -0.4 is 5.32 Å². The Balaban J connectivity index is 1.24. The number of rotatable bonds is 7. The van der Waals surface area contributed by atoms with Gasteiger partial charge in [0.2, 0.25) is 11.8 Å². The number of hydrazone groups is 1. The largest absolute Gasteiger partial charge is 0.326 e. The molecule has 0 aliphatic carbocycles. The van der Waals surface area contributed by atoms with Crippen LogP contribution in [0.25, 0.3) is 0 Å². The summed E-state index contributed by atoms with van der Waals surface area (Å²) in [5.74, 6) is -0.317. The zero-order valence-electron chi connectivity index (χ0n) is 17.1. The molecule has 0 unspecified atom stereocenters. The van der Waals surface area contributed by atoms with Crippen LogP contribution in [0.4, 0.5) is 5.69 Å². The van der Waals surface area contributed by atoms with Gasteiger partial charge in [0.15, 0.2) is 4.34 Å². The topological polar surface area (TPSA) is 74.7 Å². The smallest absolute Gasteiger partial charge is 0.243 e. The summed E-state index contributed by atoms with van der Waals surface area (Å²) < 4.78 is 0.993. The molecule has 1 aromatic heterocycles. The number of benzene rings is 2. The first kappa shape index (κ1) is 21.3. The fourth-order valence-electron chi connectivity index (χ4n) is 3.13. The Morgan fingerprint density at radius 2 is 1.87 bits per heavy atom. The van der Waals surface area contributed by atoms with Gasteiger partial charge in [0.25, 0.3) is 0 Å². The molecule has 8 heteroatoms. The number of nitrogens with zero attached hydrogens (tertiary/aromatic N) is 3. The lowest BCUT2D eigenvalue weighted by molar-refractivity contribution is -0.132. The Kier molecular flexibility index (Phi) is 6.79. The molecule has 0 saturated heterocycles. The van der Waals surface area contributed by atoms with E-state index in [4.69, 9.17) is 0 Å². The Morgan fingerprint density at radius 1 is 1.10 bits per heavy atom. The Morgan fingerprint density at radius 3 is 2.58 bits per heavy atom. The first-order valence-electron chi connectivity index (χ1n) is 10.00. The van der Waals surface area contributed by atoms with Crippen molar-refractivity contribution < 1.29 is 9.59 Å². The van der Waals surface area contributed by atoms with Gasteiger partial charge in [0.05, 0.1) is 12.3 Å². The number of carbonyl (C=O) groups excluding carboxylic acids is 2. The summed E-state index contributed by atoms with van der Waals surface area (Å²) >= 11 is 3.21. The molecule has 31 heavy (non-hydrogen) atoms. The molecule has 2 heterocycles. The van der Waals surface area contributed by atoms with Gasteiger partial charge < -0.3 is 5.32 Å². The van der Waals surface area contributed by atoms with Crippen molar-refractivity contribution in [3.8, 4) is 0 Å². The Labute approximate surface area is 189 Å². The van der Waals surface area contributed by atoms with E-state index in [0.29, 0.717) is 12.2 Å². The molecule has 1 N–H and O–H groups in total. The third-order valence-electron chi connectivity index (χ3n) is 4.70. The minimum atomic E-state index is -0.184. The predicted octanol–water partition coefficient (Wildman–Crippen LogP) is 4.96. The number of hydrogen-bond acceptors (Lipinski definition) is 6. The van der Waals surface area contributed by atoms with Crippen molar-refractivity contribution in [3.63, 3.8) is 0 Å². The molecule has 0 spiro atoms. The number of thiazole rings is 1. The Hall–Kier alpha value is -2.97. The fraction of sp³-hybridized carbons (Fsp3) is 0.217. The monoisotopic (exact) mass is 450 g/mol. The maximum Gasteiger partial charge on any atom is 0.243 e. The SMILES string of the molecule is Cc1csc(Sc2ccc(NC(=O)CCC(=O)N3CCC(c4ccccc4)=N3)cc2)n1. The summed E-state index contributed by atoms with van der Waals surface area (Å²) in [6.45, 7) is 2.53. The van der Waals surface area contributed by atoms with Crippen LogP contribution in [-0.2, 0) is 9.59 Å². The van der Waals surface area contributed by atoms with Crippen molar-refractivity contribution in [2.45, 2.75) is 35.4 Å². The average molecular weight is 451 g/mol. The van der Waals surface area contributed by atoms with Crippen LogP contribution in [0.1, 0.15) is 30.5 Å². The van der Waals surface area contributed by atoms with Crippen LogP contribution in [0.3, 0.4) is 0 Å². The fourth-order valence-corrected chi connectivity index (χ4v) is 4.94. The second-order valence-corrected chi connectivity index (χ2v) is 9.29. The van der Waals surface area contributed by atoms with E-state index in [1.54, 1.807) is 23.1 Å². The van der Waals surface area contributed by atoms with Gasteiger partial charge in [0.1, 0.15) is 0 Å². The van der Waals surface area contributed by atoms with E-state index in [-0.39, 0.29) is 24.7 Å². The minimum Gasteiger partial charge on any atom is -0.326 e. The van der Waals surface area contributed by atoms with Gasteiger partial charge in [0, 0.05) is 40.9 Å². The van der Waals surface area contributed by atoms with E-state index in [0.717, 1.165) is 32.6 Å². The zero-order valence-corrected chi connectivity index (χ0v) is 18.7. The summed E-state index contributed by atoms with van der Waals surface area (Å²) in [4.78, 5) is 30.2. The van der Waals surface area contributed by atoms with Crippen LogP contribution >= 0.6 is 23.1 Å². The summed E-state index contributed by atoms with van der Waals surface area (Å²) in [5.41, 5.74) is 3.66. The number of nitrogens with one attached hydrogen (secondary N) is 1. The number of amides is 2. The van der Waals surface area contributed by atoms with Gasteiger partial charge in [-0.25, -0.2) is 9.99 Å². The van der Waals surface area contributed by atoms with Crippen LogP contribution in [0, 0.1) is 6.92 Å². The lowest BCUT2D eigenvalue weighted by atomic mass is 10.1. The molecule has 0 bridgehead atoms. The van der Waals surface area contributed by atoms with Gasteiger partial charge in [-0.2, -0.15) is 5.10 Å². The molecule has 2 amide bonds. The molecule has 2 aromatic carbocycles. The highest BCUT2D eigenvalue weighted by molar-refractivity contribution is 8.01. The van der Waals surface area contributed by atoms with Crippen molar-refractivity contribution in [1.82, 2.24) is 9.99 Å². The number of anilines is 1. The number of aryl methyl sites for hydroxylation is 1. The van der Waals surface area contributed by atoms with Crippen LogP contribution in [-0.4, -0.2) is 34.1 Å². The minimum absolute atomic E-state index is 0.125. The van der Waals surface area contributed by atoms with E-state index in [1.807, 2.05) is 66.9 Å². The van der Waals surface area contributed by atoms with Crippen molar-refractivity contribution in [1.29, 1.82) is 0 Å². The highest BCUT2D eigenvalue weighted by Crippen LogP contribution is 2.30. The van der Waals surface area contributed by atoms with Crippen molar-refractivity contribution in [2.75, 3.05) is 11.9 Å². The van der Waals surface area contributed by atoms with Crippen LogP contribution in [0.5, 0.6) is 0 Å². The van der Waals surface area contributed by atoms with Crippen molar-refractivity contribution in [2.24, 2.45) is 5.10 Å². The molecule has 0 saturated carbocycles. The van der Waals surface area contributed by atoms with Gasteiger partial charge in [-0.05, 0) is 36.8 Å². The van der Waals surface area contributed by atoms with E-state index in [2.05, 4.69) is 15.4 Å². The lowest BCUT2D eigenvalue weighted by Gasteiger charge is -2.11. The summed E-state index contributed by atoms with van der Waals surface area (Å²) in [7, 11) is 0. The quantitative estimate of drug-likeness (QED) is 0.552. The first-order chi connectivity index (χ1) is 15.1. The second kappa shape index (κ2) is 9.89. The van der Waals surface area contributed by atoms with Crippen LogP contribution in [0.2, 0.25) is 0 Å². The van der Waals surface area contributed by atoms with Gasteiger partial charge in [-0.15, -0.1) is 11.3 Å². The molecule has 1 aliphatic heterocycles. The molecular weight excluding hydrogens is 428 g/mol. The predicted molar refractivity (Wildman–Crippen MR) is 125 cm³/mol. The number of hydrogen-bond donors (Lipinski definition) is 1. The summed E-state index contributed by atoms with van der Waals surface area (Å²) in [6.07, 6.45) is 0.988. The third-order valence-corrected chi connectivity index (χ3v) is 6.77. The average Bonchev–Trinajstić information content (AvgIpc) is 3.43. The van der Waals surface area contributed by atoms with Gasteiger partial charge in [-0.1, -0.05) is 42.1 Å². The lowest BCUT2D eigenvalue weighted by Crippen LogP contribution is -2.24.